The second-order valence-electron chi connectivity index (χ2n) is 11.1. The van der Waals surface area contributed by atoms with Gasteiger partial charge in [0.15, 0.2) is 29.1 Å². The quantitative estimate of drug-likeness (QED) is 0.0360. The molecule has 0 spiro atoms. The number of oxime groups is 1. The van der Waals surface area contributed by atoms with Crippen LogP contribution in [0.2, 0.25) is 0 Å². The third kappa shape index (κ3) is 6.38. The first-order valence-electron chi connectivity index (χ1n) is 14.2. The third-order valence-corrected chi connectivity index (χ3v) is 9.39. The van der Waals surface area contributed by atoms with Gasteiger partial charge in [-0.3, -0.25) is 19.9 Å². The summed E-state index contributed by atoms with van der Waals surface area (Å²) in [5, 5.41) is 36.4. The molecule has 5 heterocycles. The molecule has 22 heteroatoms. The van der Waals surface area contributed by atoms with Crippen molar-refractivity contribution in [2.75, 3.05) is 41.3 Å². The molecule has 47 heavy (non-hydrogen) atoms. The van der Waals surface area contributed by atoms with E-state index in [0.717, 1.165) is 22.3 Å². The largest absolute Gasteiger partial charge is 0.478 e. The number of anilines is 3. The lowest BCUT2D eigenvalue weighted by Gasteiger charge is -2.49. The van der Waals surface area contributed by atoms with Crippen molar-refractivity contribution in [3.05, 3.63) is 23.3 Å². The molecule has 0 bridgehead atoms. The molecule has 3 aliphatic heterocycles. The number of thioether (sulfide) groups is 1. The number of nitrogens with zero attached hydrogens (tertiary/aromatic N) is 7. The molecule has 252 valence electrons. The van der Waals surface area contributed by atoms with E-state index in [1.807, 2.05) is 9.36 Å². The Morgan fingerprint density at radius 1 is 1.36 bits per heavy atom. The molecule has 0 radical (unpaired) electrons. The molecule has 1 fully saturated rings. The maximum atomic E-state index is 13.4. The van der Waals surface area contributed by atoms with Gasteiger partial charge in [0.25, 0.3) is 11.8 Å². The number of guanidine groups is 1. The number of rotatable bonds is 13. The molecule has 0 aliphatic carbocycles. The van der Waals surface area contributed by atoms with Gasteiger partial charge in [0, 0.05) is 35.9 Å². The van der Waals surface area contributed by atoms with Gasteiger partial charge in [-0.15, -0.1) is 21.1 Å². The standard InChI is InChI=1S/C25H33N13O7S2/c1-25(2,22(43)44)45-33-13(16-32-24(29)47-34-16)18(39)31-14-19(40)38-15(21(41)42)11(10-46-20(14)38)8-35-9-12(17-30-5-7-37(17)35)36(23(27)28)6-3-4-26/h9,14,20H,3-8,10,26H2,1-2H3,(H8,27,28,29,31,32,34,39,41,42,43,44)/p+1/b33-13+/t14-,20-/m1/s1. The smallest absolute Gasteiger partial charge is 0.352 e. The predicted octanol–water partition coefficient (Wildman–Crippen LogP) is -2.29. The van der Waals surface area contributed by atoms with E-state index in [0.29, 0.717) is 43.9 Å². The van der Waals surface area contributed by atoms with E-state index in [2.05, 4.69) is 25.1 Å². The minimum Gasteiger partial charge on any atom is -0.478 e. The number of carboxylic acids is 2. The first-order valence-corrected chi connectivity index (χ1v) is 16.1. The number of carbonyl (C=O) groups excluding carboxylic acids is 2. The minimum absolute atomic E-state index is 0.00875. The van der Waals surface area contributed by atoms with Crippen LogP contribution in [0.3, 0.4) is 0 Å². The number of amides is 2. The van der Waals surface area contributed by atoms with Gasteiger partial charge in [-0.2, -0.15) is 9.36 Å². The van der Waals surface area contributed by atoms with Crippen LogP contribution in [0.15, 0.2) is 22.6 Å². The lowest BCUT2D eigenvalue weighted by atomic mass is 10.0. The number of fused-ring (bicyclic) bond motifs is 2. The van der Waals surface area contributed by atoms with Crippen LogP contribution in [0.4, 0.5) is 16.6 Å². The van der Waals surface area contributed by atoms with Crippen molar-refractivity contribution in [3.8, 4) is 0 Å². The van der Waals surface area contributed by atoms with Crippen molar-refractivity contribution in [1.82, 2.24) is 24.3 Å². The summed E-state index contributed by atoms with van der Waals surface area (Å²) in [6.45, 7) is 4.60. The highest BCUT2D eigenvalue weighted by Gasteiger charge is 2.55. The zero-order valence-corrected chi connectivity index (χ0v) is 26.9. The second-order valence-corrected chi connectivity index (χ2v) is 13.0. The van der Waals surface area contributed by atoms with Crippen LogP contribution in [0.1, 0.15) is 26.1 Å². The van der Waals surface area contributed by atoms with E-state index < -0.39 is 46.5 Å². The normalized spacial score (nSPS) is 19.0. The number of aliphatic carboxylic acids is 2. The second kappa shape index (κ2) is 13.0. The summed E-state index contributed by atoms with van der Waals surface area (Å²) >= 11 is 2.03. The Bertz CT molecular complexity index is 1700. The van der Waals surface area contributed by atoms with Gasteiger partial charge in [0.2, 0.25) is 23.3 Å². The van der Waals surface area contributed by atoms with Gasteiger partial charge in [-0.1, -0.05) is 5.16 Å². The summed E-state index contributed by atoms with van der Waals surface area (Å²) in [6, 6.07) is -1.13. The molecule has 1 saturated heterocycles. The van der Waals surface area contributed by atoms with Crippen molar-refractivity contribution in [2.45, 2.75) is 50.4 Å². The average Bonchev–Trinajstić information content (AvgIpc) is 3.74. The number of β-lactam (4-membered cyclic amide) rings is 1. The highest BCUT2D eigenvalue weighted by molar-refractivity contribution is 8.00. The summed E-state index contributed by atoms with van der Waals surface area (Å²) in [5.41, 5.74) is 15.8. The summed E-state index contributed by atoms with van der Waals surface area (Å²) in [6.07, 6.45) is 2.37. The number of hydrogen-bond donors (Lipinski definition) is 8. The van der Waals surface area contributed by atoms with Crippen LogP contribution < -0.4 is 37.4 Å². The van der Waals surface area contributed by atoms with Crippen LogP contribution in [0.25, 0.3) is 0 Å². The molecule has 2 atom stereocenters. The van der Waals surface area contributed by atoms with E-state index >= 15 is 0 Å². The predicted molar refractivity (Wildman–Crippen MR) is 169 cm³/mol. The monoisotopic (exact) mass is 692 g/mol. The molecule has 2 aromatic heterocycles. The van der Waals surface area contributed by atoms with Gasteiger partial charge in [-0.05, 0) is 26.8 Å². The maximum absolute atomic E-state index is 13.4. The van der Waals surface area contributed by atoms with Crippen molar-refractivity contribution < 1.29 is 38.9 Å². The summed E-state index contributed by atoms with van der Waals surface area (Å²) in [4.78, 5) is 62.5. The van der Waals surface area contributed by atoms with Crippen molar-refractivity contribution >= 4 is 75.4 Å². The highest BCUT2D eigenvalue weighted by Crippen LogP contribution is 2.40. The van der Waals surface area contributed by atoms with Crippen LogP contribution >= 0.6 is 23.3 Å². The summed E-state index contributed by atoms with van der Waals surface area (Å²) in [5.74, 6) is -3.72. The molecule has 2 aromatic rings. The van der Waals surface area contributed by atoms with Gasteiger partial charge in [0.1, 0.15) is 17.1 Å². The van der Waals surface area contributed by atoms with Gasteiger partial charge in [-0.25, -0.2) is 9.59 Å². The fourth-order valence-electron chi connectivity index (χ4n) is 5.11. The van der Waals surface area contributed by atoms with Gasteiger partial charge in [0.05, 0.1) is 6.54 Å². The number of carboxylic acid groups (broad SMARTS) is 2. The third-order valence-electron chi connectivity index (χ3n) is 7.50. The maximum Gasteiger partial charge on any atom is 0.352 e. The summed E-state index contributed by atoms with van der Waals surface area (Å²) < 4.78 is 7.69. The number of aromatic nitrogens is 4. The fourth-order valence-corrected chi connectivity index (χ4v) is 6.88. The number of nitrogens with two attached hydrogens (primary N) is 3. The fraction of sp³-hybridized carbons (Fsp3) is 0.480. The molecule has 2 amide bonds. The Balaban J connectivity index is 1.38. The average molecular weight is 693 g/mol. The highest BCUT2D eigenvalue weighted by atomic mass is 32.2. The van der Waals surface area contributed by atoms with Crippen molar-refractivity contribution in [3.63, 3.8) is 0 Å². The van der Waals surface area contributed by atoms with Crippen LogP contribution in [0, 0.1) is 5.41 Å². The Morgan fingerprint density at radius 3 is 2.72 bits per heavy atom. The first-order chi connectivity index (χ1) is 22.2. The zero-order chi connectivity index (χ0) is 34.2. The van der Waals surface area contributed by atoms with E-state index in [-0.39, 0.29) is 34.9 Å². The molecular formula is C25H34N13O7S2+. The number of nitrogens with one attached hydrogen (secondary N) is 3. The van der Waals surface area contributed by atoms with E-state index in [1.54, 1.807) is 11.1 Å². The number of hydrogen-bond acceptors (Lipinski definition) is 14. The zero-order valence-electron chi connectivity index (χ0n) is 25.3. The molecule has 0 saturated carbocycles. The number of carbonyl (C=O) groups is 4. The Kier molecular flexibility index (Phi) is 9.27. The van der Waals surface area contributed by atoms with E-state index in [9.17, 15) is 29.4 Å². The Labute approximate surface area is 275 Å². The van der Waals surface area contributed by atoms with E-state index in [1.165, 1.54) is 25.6 Å². The van der Waals surface area contributed by atoms with E-state index in [4.69, 9.17) is 27.4 Å². The van der Waals surface area contributed by atoms with Crippen LogP contribution in [-0.4, -0.2) is 107 Å². The topological polar surface area (TPSA) is 297 Å². The minimum atomic E-state index is -1.81. The van der Waals surface area contributed by atoms with Crippen LogP contribution in [-0.2, 0) is 37.1 Å². The molecular weight excluding hydrogens is 658 g/mol. The molecule has 5 rings (SSSR count). The Morgan fingerprint density at radius 2 is 2.11 bits per heavy atom. The van der Waals surface area contributed by atoms with Crippen LogP contribution in [0.5, 0.6) is 0 Å². The molecule has 3 aliphatic rings. The molecule has 20 nitrogen and oxygen atoms in total. The number of nitrogen functional groups attached to an aromatic ring is 1. The molecule has 0 aromatic carbocycles. The Hall–Kier alpha value is -4.96. The van der Waals surface area contributed by atoms with Crippen molar-refractivity contribution in [1.29, 1.82) is 5.41 Å². The summed E-state index contributed by atoms with van der Waals surface area (Å²) in [7, 11) is 0. The van der Waals surface area contributed by atoms with Gasteiger partial charge < -0.3 is 47.8 Å². The lowest BCUT2D eigenvalue weighted by Crippen LogP contribution is -2.71. The SMILES string of the molecule is CC(C)(O/N=C(/C(=O)N[C@@H]1C(=O)N2C(C(=O)O)=C(C[n+]3cc(N(CCCN)C(=N)N)c4n3CCN4)CS[C@H]12)c1nsc(N)n1)C(=O)O. The molecule has 0 unspecified atom stereocenters. The lowest BCUT2D eigenvalue weighted by molar-refractivity contribution is -0.766. The molecule has 11 N–H and O–H groups in total. The first kappa shape index (κ1) is 33.4. The van der Waals surface area contributed by atoms with Crippen molar-refractivity contribution in [2.24, 2.45) is 16.6 Å². The van der Waals surface area contributed by atoms with Gasteiger partial charge >= 0.3 is 11.9 Å².